The fourth-order valence-corrected chi connectivity index (χ4v) is 2.16. The Morgan fingerprint density at radius 1 is 1.33 bits per heavy atom. The molecular formula is C14H17FN2O. The molecule has 96 valence electrons. The summed E-state index contributed by atoms with van der Waals surface area (Å²) in [4.78, 5) is 0. The van der Waals surface area contributed by atoms with E-state index in [1.165, 1.54) is 0 Å². The molecule has 0 saturated carbocycles. The van der Waals surface area contributed by atoms with E-state index in [4.69, 9.17) is 10.00 Å². The van der Waals surface area contributed by atoms with E-state index < -0.39 is 11.7 Å². The van der Waals surface area contributed by atoms with E-state index in [1.807, 2.05) is 36.4 Å². The Kier molecular flexibility index (Phi) is 4.29. The van der Waals surface area contributed by atoms with E-state index in [-0.39, 0.29) is 12.8 Å². The van der Waals surface area contributed by atoms with Gasteiger partial charge in [-0.1, -0.05) is 30.3 Å². The average molecular weight is 248 g/mol. The minimum atomic E-state index is -1.47. The molecule has 0 aliphatic carbocycles. The Labute approximate surface area is 107 Å². The van der Waals surface area contributed by atoms with Crippen LogP contribution in [0.2, 0.25) is 0 Å². The number of nitrogens with zero attached hydrogens (tertiary/aromatic N) is 1. The van der Waals surface area contributed by atoms with Gasteiger partial charge >= 0.3 is 0 Å². The molecule has 1 aliphatic rings. The van der Waals surface area contributed by atoms with Crippen LogP contribution in [0.5, 0.6) is 0 Å². The summed E-state index contributed by atoms with van der Waals surface area (Å²) in [5.41, 5.74) is -0.421. The number of halogens is 1. The molecule has 1 aromatic rings. The Bertz CT molecular complexity index is 410. The first-order valence-corrected chi connectivity index (χ1v) is 6.18. The number of alkyl halides is 1. The standard InChI is InChI=1S/C14H17FN2O/c15-14(6-8-18-9-7-14)13(10-16)17-11-12-4-2-1-3-5-12/h1-5,13,17H,6-9,11H2. The van der Waals surface area contributed by atoms with Gasteiger partial charge in [0.05, 0.1) is 6.07 Å². The molecule has 0 aromatic heterocycles. The highest BCUT2D eigenvalue weighted by Gasteiger charge is 2.40. The number of hydrogen-bond donors (Lipinski definition) is 1. The van der Waals surface area contributed by atoms with Gasteiger partial charge in [-0.3, -0.25) is 5.32 Å². The van der Waals surface area contributed by atoms with Crippen LogP contribution < -0.4 is 5.32 Å². The monoisotopic (exact) mass is 248 g/mol. The Morgan fingerprint density at radius 2 is 2.00 bits per heavy atom. The normalized spacial score (nSPS) is 20.0. The van der Waals surface area contributed by atoms with E-state index in [0.717, 1.165) is 5.56 Å². The van der Waals surface area contributed by atoms with Gasteiger partial charge in [0.15, 0.2) is 0 Å². The molecule has 0 radical (unpaired) electrons. The molecule has 0 spiro atoms. The lowest BCUT2D eigenvalue weighted by Gasteiger charge is -2.33. The maximum atomic E-state index is 14.6. The Balaban J connectivity index is 1.95. The van der Waals surface area contributed by atoms with E-state index in [1.54, 1.807) is 0 Å². The maximum absolute atomic E-state index is 14.6. The molecule has 1 aromatic carbocycles. The summed E-state index contributed by atoms with van der Waals surface area (Å²) in [7, 11) is 0. The highest BCUT2D eigenvalue weighted by molar-refractivity contribution is 5.15. The zero-order valence-corrected chi connectivity index (χ0v) is 10.2. The minimum absolute atomic E-state index is 0.285. The molecule has 0 bridgehead atoms. The number of benzene rings is 1. The molecular weight excluding hydrogens is 231 g/mol. The number of nitriles is 1. The largest absolute Gasteiger partial charge is 0.381 e. The van der Waals surface area contributed by atoms with Gasteiger partial charge in [0.1, 0.15) is 11.7 Å². The van der Waals surface area contributed by atoms with Crippen molar-refractivity contribution < 1.29 is 9.13 Å². The molecule has 18 heavy (non-hydrogen) atoms. The second kappa shape index (κ2) is 5.94. The van der Waals surface area contributed by atoms with Crippen molar-refractivity contribution in [2.24, 2.45) is 0 Å². The zero-order chi connectivity index (χ0) is 12.8. The fraction of sp³-hybridized carbons (Fsp3) is 0.500. The molecule has 1 heterocycles. The van der Waals surface area contributed by atoms with Crippen LogP contribution in [0.15, 0.2) is 30.3 Å². The van der Waals surface area contributed by atoms with Crippen LogP contribution in [-0.4, -0.2) is 24.9 Å². The van der Waals surface area contributed by atoms with Crippen molar-refractivity contribution in [3.63, 3.8) is 0 Å². The Hall–Kier alpha value is -1.44. The van der Waals surface area contributed by atoms with Crippen LogP contribution in [0.25, 0.3) is 0 Å². The first-order chi connectivity index (χ1) is 8.74. The van der Waals surface area contributed by atoms with E-state index >= 15 is 0 Å². The minimum Gasteiger partial charge on any atom is -0.381 e. The molecule has 4 heteroatoms. The van der Waals surface area contributed by atoms with Gasteiger partial charge in [-0.2, -0.15) is 5.26 Å². The summed E-state index contributed by atoms with van der Waals surface area (Å²) >= 11 is 0. The van der Waals surface area contributed by atoms with Crippen molar-refractivity contribution in [2.45, 2.75) is 31.1 Å². The van der Waals surface area contributed by atoms with Gasteiger partial charge < -0.3 is 4.74 Å². The van der Waals surface area contributed by atoms with Gasteiger partial charge in [-0.25, -0.2) is 4.39 Å². The van der Waals surface area contributed by atoms with Gasteiger partial charge in [0.25, 0.3) is 0 Å². The summed E-state index contributed by atoms with van der Waals surface area (Å²) in [6.07, 6.45) is 0.569. The number of hydrogen-bond acceptors (Lipinski definition) is 3. The summed E-state index contributed by atoms with van der Waals surface area (Å²) in [6.45, 7) is 1.29. The molecule has 0 amide bonds. The SMILES string of the molecule is N#CC(NCc1ccccc1)C1(F)CCOCC1. The third kappa shape index (κ3) is 3.06. The van der Waals surface area contributed by atoms with Gasteiger partial charge in [-0.05, 0) is 5.56 Å². The summed E-state index contributed by atoms with van der Waals surface area (Å²) in [5.74, 6) is 0. The van der Waals surface area contributed by atoms with Crippen molar-refractivity contribution >= 4 is 0 Å². The fourth-order valence-electron chi connectivity index (χ4n) is 2.16. The highest BCUT2D eigenvalue weighted by atomic mass is 19.1. The molecule has 2 rings (SSSR count). The van der Waals surface area contributed by atoms with Crippen LogP contribution >= 0.6 is 0 Å². The van der Waals surface area contributed by atoms with Crippen molar-refractivity contribution in [1.29, 1.82) is 5.26 Å². The summed E-state index contributed by atoms with van der Waals surface area (Å²) in [5, 5.41) is 12.1. The van der Waals surface area contributed by atoms with Crippen LogP contribution in [0.3, 0.4) is 0 Å². The number of ether oxygens (including phenoxy) is 1. The first kappa shape index (κ1) is 13.0. The molecule has 1 saturated heterocycles. The first-order valence-electron chi connectivity index (χ1n) is 6.18. The average Bonchev–Trinajstić information content (AvgIpc) is 2.41. The van der Waals surface area contributed by atoms with Crippen LogP contribution in [0.1, 0.15) is 18.4 Å². The van der Waals surface area contributed by atoms with E-state index in [2.05, 4.69) is 5.32 Å². The van der Waals surface area contributed by atoms with Gasteiger partial charge in [-0.15, -0.1) is 0 Å². The van der Waals surface area contributed by atoms with Gasteiger partial charge in [0, 0.05) is 32.6 Å². The van der Waals surface area contributed by atoms with E-state index in [9.17, 15) is 4.39 Å². The quantitative estimate of drug-likeness (QED) is 0.888. The lowest BCUT2D eigenvalue weighted by molar-refractivity contribution is -0.0200. The lowest BCUT2D eigenvalue weighted by atomic mass is 9.89. The number of nitrogens with one attached hydrogen (secondary N) is 1. The van der Waals surface area contributed by atoms with Crippen molar-refractivity contribution in [2.75, 3.05) is 13.2 Å². The second-order valence-electron chi connectivity index (χ2n) is 4.58. The van der Waals surface area contributed by atoms with Gasteiger partial charge in [0.2, 0.25) is 0 Å². The predicted octanol–water partition coefficient (Wildman–Crippen LogP) is 2.19. The summed E-state index contributed by atoms with van der Waals surface area (Å²) < 4.78 is 19.7. The summed E-state index contributed by atoms with van der Waals surface area (Å²) in [6, 6.07) is 11.0. The Morgan fingerprint density at radius 3 is 2.61 bits per heavy atom. The second-order valence-corrected chi connectivity index (χ2v) is 4.58. The molecule has 1 unspecified atom stereocenters. The van der Waals surface area contributed by atoms with Crippen LogP contribution in [0.4, 0.5) is 4.39 Å². The third-order valence-corrected chi connectivity index (χ3v) is 3.32. The molecule has 3 nitrogen and oxygen atoms in total. The number of rotatable bonds is 4. The molecule has 1 fully saturated rings. The smallest absolute Gasteiger partial charge is 0.143 e. The van der Waals surface area contributed by atoms with Crippen molar-refractivity contribution in [3.05, 3.63) is 35.9 Å². The van der Waals surface area contributed by atoms with Crippen molar-refractivity contribution in [3.8, 4) is 6.07 Å². The third-order valence-electron chi connectivity index (χ3n) is 3.32. The van der Waals surface area contributed by atoms with Crippen LogP contribution in [-0.2, 0) is 11.3 Å². The van der Waals surface area contributed by atoms with Crippen LogP contribution in [0, 0.1) is 11.3 Å². The topological polar surface area (TPSA) is 45.0 Å². The van der Waals surface area contributed by atoms with E-state index in [0.29, 0.717) is 19.8 Å². The zero-order valence-electron chi connectivity index (χ0n) is 10.2. The molecule has 1 aliphatic heterocycles. The molecule has 1 N–H and O–H groups in total. The van der Waals surface area contributed by atoms with Crippen molar-refractivity contribution in [1.82, 2.24) is 5.32 Å². The molecule has 1 atom stereocenters. The highest BCUT2D eigenvalue weighted by Crippen LogP contribution is 2.29. The maximum Gasteiger partial charge on any atom is 0.143 e. The predicted molar refractivity (Wildman–Crippen MR) is 66.6 cm³/mol. The lowest BCUT2D eigenvalue weighted by Crippen LogP contribution is -2.49.